The van der Waals surface area contributed by atoms with Crippen LogP contribution in [0.1, 0.15) is 6.42 Å². The molecular weight excluding hydrogens is 112 g/mol. The highest BCUT2D eigenvalue weighted by Crippen LogP contribution is 1.76. The van der Waals surface area contributed by atoms with E-state index in [1.54, 1.807) is 0 Å². The summed E-state index contributed by atoms with van der Waals surface area (Å²) in [4.78, 5) is 19.5. The number of aliphatic carboxylic acids is 1. The van der Waals surface area contributed by atoms with Crippen molar-refractivity contribution in [2.75, 3.05) is 6.61 Å². The van der Waals surface area contributed by atoms with Crippen molar-refractivity contribution >= 4 is 11.8 Å². The summed E-state index contributed by atoms with van der Waals surface area (Å²) < 4.78 is 0. The van der Waals surface area contributed by atoms with Crippen LogP contribution in [0.5, 0.6) is 0 Å². The Morgan fingerprint density at radius 3 is 2.12 bits per heavy atom. The molecule has 0 aromatic carbocycles. The molecule has 0 heterocycles. The number of carbonyl (C=O) groups is 2. The number of aliphatic hydroxyl groups is 1. The van der Waals surface area contributed by atoms with Crippen LogP contribution in [0.4, 0.5) is 0 Å². The molecule has 0 saturated heterocycles. The minimum atomic E-state index is -1.45. The lowest BCUT2D eigenvalue weighted by molar-refractivity contribution is -0.304. The average molecular weight is 117 g/mol. The van der Waals surface area contributed by atoms with Gasteiger partial charge in [-0.05, 0) is 0 Å². The maximum absolute atomic E-state index is 9.95. The normalized spacial score (nSPS) is 8.62. The van der Waals surface area contributed by atoms with Crippen LogP contribution in [0, 0.1) is 0 Å². The molecule has 0 radical (unpaired) electrons. The van der Waals surface area contributed by atoms with E-state index in [0.29, 0.717) is 0 Å². The predicted octanol–water partition coefficient (Wildman–Crippen LogP) is -2.31. The van der Waals surface area contributed by atoms with Crippen molar-refractivity contribution in [1.82, 2.24) is 0 Å². The molecule has 0 spiro atoms. The average Bonchev–Trinajstić information content (AvgIpc) is 1.65. The van der Waals surface area contributed by atoms with E-state index >= 15 is 0 Å². The van der Waals surface area contributed by atoms with E-state index in [4.69, 9.17) is 5.11 Å². The summed E-state index contributed by atoms with van der Waals surface area (Å²) in [6.45, 7) is -0.728. The highest BCUT2D eigenvalue weighted by atomic mass is 16.4. The van der Waals surface area contributed by atoms with Gasteiger partial charge in [-0.3, -0.25) is 4.79 Å². The van der Waals surface area contributed by atoms with E-state index < -0.39 is 24.8 Å². The Kier molecular flexibility index (Phi) is 2.79. The molecule has 4 heteroatoms. The molecule has 0 aliphatic carbocycles. The molecule has 0 bridgehead atoms. The van der Waals surface area contributed by atoms with Crippen LogP contribution < -0.4 is 5.11 Å². The topological polar surface area (TPSA) is 77.4 Å². The number of rotatable bonds is 3. The van der Waals surface area contributed by atoms with Crippen LogP contribution in [-0.2, 0) is 9.59 Å². The molecule has 0 aromatic heterocycles. The number of hydrogen-bond acceptors (Lipinski definition) is 4. The van der Waals surface area contributed by atoms with Crippen LogP contribution in [0.25, 0.3) is 0 Å². The van der Waals surface area contributed by atoms with Gasteiger partial charge in [0.05, 0.1) is 0 Å². The third kappa shape index (κ3) is 3.30. The lowest BCUT2D eigenvalue weighted by Crippen LogP contribution is -2.26. The Labute approximate surface area is 45.7 Å². The van der Waals surface area contributed by atoms with Crippen LogP contribution in [0.3, 0.4) is 0 Å². The predicted molar refractivity (Wildman–Crippen MR) is 21.7 cm³/mol. The molecular formula is C4H5O4-. The highest BCUT2D eigenvalue weighted by molar-refractivity contribution is 5.94. The summed E-state index contributed by atoms with van der Waals surface area (Å²) in [6, 6.07) is 0. The van der Waals surface area contributed by atoms with Gasteiger partial charge in [0.1, 0.15) is 6.61 Å². The van der Waals surface area contributed by atoms with E-state index in [-0.39, 0.29) is 0 Å². The van der Waals surface area contributed by atoms with Crippen LogP contribution in [-0.4, -0.2) is 23.5 Å². The minimum absolute atomic E-state index is 0.698. The summed E-state index contributed by atoms with van der Waals surface area (Å²) in [6.07, 6.45) is -0.698. The zero-order valence-corrected chi connectivity index (χ0v) is 4.09. The number of ketones is 1. The molecule has 0 aliphatic heterocycles. The first kappa shape index (κ1) is 7.10. The van der Waals surface area contributed by atoms with E-state index in [2.05, 4.69) is 0 Å². The fraction of sp³-hybridized carbons (Fsp3) is 0.500. The van der Waals surface area contributed by atoms with Crippen LogP contribution in [0.2, 0.25) is 0 Å². The first-order valence-corrected chi connectivity index (χ1v) is 1.99. The number of carboxylic acid groups (broad SMARTS) is 1. The number of carboxylic acids is 1. The van der Waals surface area contributed by atoms with Crippen molar-refractivity contribution in [3.05, 3.63) is 0 Å². The first-order valence-electron chi connectivity index (χ1n) is 1.99. The Hall–Kier alpha value is -0.900. The molecule has 0 saturated carbocycles. The van der Waals surface area contributed by atoms with E-state index in [1.165, 1.54) is 0 Å². The van der Waals surface area contributed by atoms with Gasteiger partial charge in [0.25, 0.3) is 0 Å². The molecule has 0 aromatic rings. The van der Waals surface area contributed by atoms with Gasteiger partial charge < -0.3 is 15.0 Å². The fourth-order valence-corrected chi connectivity index (χ4v) is 0.217. The second-order valence-electron chi connectivity index (χ2n) is 1.25. The third-order valence-electron chi connectivity index (χ3n) is 0.518. The Bertz CT molecular complexity index is 107. The molecule has 46 valence electrons. The molecule has 1 N–H and O–H groups in total. The Balaban J connectivity index is 3.40. The standard InChI is InChI=1S/C4H6O4/c5-2-3(6)1-4(7)8/h5H,1-2H2,(H,7,8)/p-1. The first-order chi connectivity index (χ1) is 3.66. The summed E-state index contributed by atoms with van der Waals surface area (Å²) in [5, 5.41) is 17.5. The maximum atomic E-state index is 9.95. The second-order valence-corrected chi connectivity index (χ2v) is 1.25. The van der Waals surface area contributed by atoms with Gasteiger partial charge in [-0.2, -0.15) is 0 Å². The smallest absolute Gasteiger partial charge is 0.163 e. The Morgan fingerprint density at radius 2 is 2.00 bits per heavy atom. The largest absolute Gasteiger partial charge is 0.550 e. The summed E-state index contributed by atoms with van der Waals surface area (Å²) in [5.74, 6) is -2.19. The zero-order chi connectivity index (χ0) is 6.57. The summed E-state index contributed by atoms with van der Waals surface area (Å²) in [7, 11) is 0. The van der Waals surface area contributed by atoms with E-state index in [9.17, 15) is 14.7 Å². The minimum Gasteiger partial charge on any atom is -0.550 e. The lowest BCUT2D eigenvalue weighted by atomic mass is 10.3. The number of aliphatic hydroxyl groups excluding tert-OH is 1. The van der Waals surface area contributed by atoms with Crippen molar-refractivity contribution in [3.8, 4) is 0 Å². The van der Waals surface area contributed by atoms with Crippen molar-refractivity contribution < 1.29 is 19.8 Å². The zero-order valence-electron chi connectivity index (χ0n) is 4.09. The van der Waals surface area contributed by atoms with Gasteiger partial charge in [0.15, 0.2) is 5.78 Å². The van der Waals surface area contributed by atoms with Gasteiger partial charge in [-0.15, -0.1) is 0 Å². The molecule has 0 fully saturated rings. The Morgan fingerprint density at radius 1 is 1.50 bits per heavy atom. The van der Waals surface area contributed by atoms with Crippen molar-refractivity contribution in [1.29, 1.82) is 0 Å². The lowest BCUT2D eigenvalue weighted by Gasteiger charge is -1.95. The highest BCUT2D eigenvalue weighted by Gasteiger charge is 1.96. The van der Waals surface area contributed by atoms with Crippen molar-refractivity contribution in [3.63, 3.8) is 0 Å². The fourth-order valence-electron chi connectivity index (χ4n) is 0.217. The quantitative estimate of drug-likeness (QED) is 0.421. The van der Waals surface area contributed by atoms with Gasteiger partial charge in [0.2, 0.25) is 0 Å². The van der Waals surface area contributed by atoms with Gasteiger partial charge in [0, 0.05) is 12.4 Å². The number of Topliss-reactive ketones (excluding diaryl/α,β-unsaturated/α-hetero) is 1. The monoisotopic (exact) mass is 117 g/mol. The van der Waals surface area contributed by atoms with Crippen LogP contribution in [0.15, 0.2) is 0 Å². The number of carbonyl (C=O) groups excluding carboxylic acids is 2. The second kappa shape index (κ2) is 3.15. The maximum Gasteiger partial charge on any atom is 0.163 e. The van der Waals surface area contributed by atoms with Gasteiger partial charge in [-0.1, -0.05) is 0 Å². The number of hydrogen-bond donors (Lipinski definition) is 1. The van der Waals surface area contributed by atoms with Gasteiger partial charge >= 0.3 is 0 Å². The molecule has 0 aliphatic rings. The molecule has 8 heavy (non-hydrogen) atoms. The molecule has 4 nitrogen and oxygen atoms in total. The third-order valence-corrected chi connectivity index (χ3v) is 0.518. The van der Waals surface area contributed by atoms with Crippen molar-refractivity contribution in [2.24, 2.45) is 0 Å². The van der Waals surface area contributed by atoms with E-state index in [0.717, 1.165) is 0 Å². The van der Waals surface area contributed by atoms with Crippen molar-refractivity contribution in [2.45, 2.75) is 6.42 Å². The van der Waals surface area contributed by atoms with E-state index in [1.807, 2.05) is 0 Å². The summed E-state index contributed by atoms with van der Waals surface area (Å²) >= 11 is 0. The van der Waals surface area contributed by atoms with Gasteiger partial charge in [-0.25, -0.2) is 0 Å². The molecule has 0 rings (SSSR count). The SMILES string of the molecule is O=C([O-])CC(=O)CO. The molecule has 0 unspecified atom stereocenters. The molecule has 0 amide bonds. The molecule has 0 atom stereocenters. The van der Waals surface area contributed by atoms with Crippen LogP contribution >= 0.6 is 0 Å². The summed E-state index contributed by atoms with van der Waals surface area (Å²) in [5.41, 5.74) is 0.